The van der Waals surface area contributed by atoms with Crippen molar-refractivity contribution in [2.24, 2.45) is 0 Å². The number of hydrogen-bond donors (Lipinski definition) is 2. The van der Waals surface area contributed by atoms with Gasteiger partial charge in [-0.05, 0) is 32.9 Å². The van der Waals surface area contributed by atoms with Gasteiger partial charge in [0, 0.05) is 18.2 Å². The lowest BCUT2D eigenvalue weighted by Gasteiger charge is -2.20. The zero-order chi connectivity index (χ0) is 15.9. The number of alkyl carbamates (subject to hydrolysis) is 1. The summed E-state index contributed by atoms with van der Waals surface area (Å²) in [5.41, 5.74) is 0.274. The van der Waals surface area contributed by atoms with E-state index in [-0.39, 0.29) is 13.2 Å². The number of benzene rings is 1. The molecule has 2 N–H and O–H groups in total. The van der Waals surface area contributed by atoms with Crippen LogP contribution in [0.5, 0.6) is 11.5 Å². The van der Waals surface area contributed by atoms with Gasteiger partial charge in [0.1, 0.15) is 23.7 Å². The molecule has 0 saturated carbocycles. The number of ether oxygens (including phenoxy) is 3. The second-order valence-corrected chi connectivity index (χ2v) is 5.40. The maximum absolute atomic E-state index is 11.6. The number of nitrogens with one attached hydrogen (secondary N) is 1. The van der Waals surface area contributed by atoms with Crippen LogP contribution in [0.3, 0.4) is 0 Å². The molecule has 1 aromatic carbocycles. The van der Waals surface area contributed by atoms with Gasteiger partial charge in [-0.25, -0.2) is 4.79 Å². The molecule has 0 spiro atoms. The van der Waals surface area contributed by atoms with E-state index in [0.29, 0.717) is 18.0 Å². The molecule has 1 aromatic rings. The molecule has 118 valence electrons. The van der Waals surface area contributed by atoms with E-state index in [2.05, 4.69) is 5.32 Å². The summed E-state index contributed by atoms with van der Waals surface area (Å²) >= 11 is 0. The molecule has 21 heavy (non-hydrogen) atoms. The summed E-state index contributed by atoms with van der Waals surface area (Å²) in [6, 6.07) is 5.26. The van der Waals surface area contributed by atoms with Gasteiger partial charge in [-0.1, -0.05) is 0 Å². The number of aliphatic hydroxyl groups excluding tert-OH is 1. The Morgan fingerprint density at radius 1 is 1.33 bits per heavy atom. The van der Waals surface area contributed by atoms with E-state index >= 15 is 0 Å². The Morgan fingerprint density at radius 3 is 2.62 bits per heavy atom. The number of amides is 1. The van der Waals surface area contributed by atoms with Crippen LogP contribution in [-0.2, 0) is 11.3 Å². The molecule has 6 heteroatoms. The minimum atomic E-state index is -0.532. The Bertz CT molecular complexity index is 468. The number of aliphatic hydroxyl groups is 1. The molecule has 0 aliphatic rings. The summed E-state index contributed by atoms with van der Waals surface area (Å²) < 4.78 is 15.7. The Balaban J connectivity index is 2.64. The highest BCUT2D eigenvalue weighted by atomic mass is 16.6. The minimum Gasteiger partial charge on any atom is -0.496 e. The highest BCUT2D eigenvalue weighted by Crippen LogP contribution is 2.24. The molecule has 0 radical (unpaired) electrons. The molecule has 1 rings (SSSR count). The molecule has 1 amide bonds. The molecule has 6 nitrogen and oxygen atoms in total. The van der Waals surface area contributed by atoms with Crippen LogP contribution in [0.1, 0.15) is 26.3 Å². The van der Waals surface area contributed by atoms with Crippen molar-refractivity contribution >= 4 is 6.09 Å². The molecule has 0 fully saturated rings. The van der Waals surface area contributed by atoms with Gasteiger partial charge in [0.15, 0.2) is 0 Å². The fraction of sp³-hybridized carbons (Fsp3) is 0.533. The highest BCUT2D eigenvalue weighted by molar-refractivity contribution is 5.67. The third kappa shape index (κ3) is 6.35. The van der Waals surface area contributed by atoms with Gasteiger partial charge in [-0.2, -0.15) is 0 Å². The average Bonchev–Trinajstić information content (AvgIpc) is 2.41. The van der Waals surface area contributed by atoms with Crippen molar-refractivity contribution in [2.75, 3.05) is 20.3 Å². The summed E-state index contributed by atoms with van der Waals surface area (Å²) in [4.78, 5) is 11.6. The SMILES string of the molecule is COc1cc(OCCO)ccc1CNC(=O)OC(C)(C)C. The van der Waals surface area contributed by atoms with E-state index in [4.69, 9.17) is 19.3 Å². The van der Waals surface area contributed by atoms with Crippen LogP contribution in [0.25, 0.3) is 0 Å². The first-order valence-corrected chi connectivity index (χ1v) is 6.73. The van der Waals surface area contributed by atoms with Crippen LogP contribution in [0.4, 0.5) is 4.79 Å². The van der Waals surface area contributed by atoms with E-state index in [1.54, 1.807) is 46.1 Å². The first kappa shape index (κ1) is 17.1. The summed E-state index contributed by atoms with van der Waals surface area (Å²) in [7, 11) is 1.54. The minimum absolute atomic E-state index is 0.0513. The molecule has 0 aliphatic heterocycles. The van der Waals surface area contributed by atoms with Gasteiger partial charge < -0.3 is 24.6 Å². The summed E-state index contributed by atoms with van der Waals surface area (Å²) in [5, 5.41) is 11.4. The Hall–Kier alpha value is -1.95. The normalized spacial score (nSPS) is 10.9. The zero-order valence-electron chi connectivity index (χ0n) is 12.9. The van der Waals surface area contributed by atoms with Gasteiger partial charge >= 0.3 is 6.09 Å². The summed E-state index contributed by atoms with van der Waals surface area (Å²) in [6.07, 6.45) is -0.481. The van der Waals surface area contributed by atoms with Gasteiger partial charge in [0.2, 0.25) is 0 Å². The smallest absolute Gasteiger partial charge is 0.407 e. The highest BCUT2D eigenvalue weighted by Gasteiger charge is 2.16. The Labute approximate surface area is 125 Å². The van der Waals surface area contributed by atoms with Crippen molar-refractivity contribution in [1.82, 2.24) is 5.32 Å². The van der Waals surface area contributed by atoms with E-state index in [1.807, 2.05) is 0 Å². The predicted octanol–water partition coefficient (Wildman–Crippen LogP) is 2.09. The number of methoxy groups -OCH3 is 1. The number of hydrogen-bond acceptors (Lipinski definition) is 5. The van der Waals surface area contributed by atoms with Crippen LogP contribution >= 0.6 is 0 Å². The second kappa shape index (κ2) is 7.73. The van der Waals surface area contributed by atoms with E-state index in [0.717, 1.165) is 5.56 Å². The van der Waals surface area contributed by atoms with Gasteiger partial charge in [0.05, 0.1) is 13.7 Å². The van der Waals surface area contributed by atoms with E-state index < -0.39 is 11.7 Å². The first-order valence-electron chi connectivity index (χ1n) is 6.73. The monoisotopic (exact) mass is 297 g/mol. The topological polar surface area (TPSA) is 77.0 Å². The summed E-state index contributed by atoms with van der Waals surface area (Å²) in [5.74, 6) is 1.20. The number of carbonyl (C=O) groups is 1. The van der Waals surface area contributed by atoms with Crippen molar-refractivity contribution in [3.8, 4) is 11.5 Å². The summed E-state index contributed by atoms with van der Waals surface area (Å²) in [6.45, 7) is 5.88. The number of carbonyl (C=O) groups excluding carboxylic acids is 1. The van der Waals surface area contributed by atoms with E-state index in [1.165, 1.54) is 0 Å². The molecule has 0 atom stereocenters. The van der Waals surface area contributed by atoms with Gasteiger partial charge in [0.25, 0.3) is 0 Å². The van der Waals surface area contributed by atoms with Crippen LogP contribution in [0.2, 0.25) is 0 Å². The van der Waals surface area contributed by atoms with Crippen molar-refractivity contribution in [1.29, 1.82) is 0 Å². The third-order valence-corrected chi connectivity index (χ3v) is 2.44. The molecular formula is C15H23NO5. The fourth-order valence-electron chi connectivity index (χ4n) is 1.61. The molecule has 0 heterocycles. The van der Waals surface area contributed by atoms with Crippen molar-refractivity contribution in [3.63, 3.8) is 0 Å². The molecule has 0 saturated heterocycles. The second-order valence-electron chi connectivity index (χ2n) is 5.40. The molecular weight excluding hydrogens is 274 g/mol. The Kier molecular flexibility index (Phi) is 6.30. The largest absolute Gasteiger partial charge is 0.496 e. The lowest BCUT2D eigenvalue weighted by atomic mass is 10.2. The average molecular weight is 297 g/mol. The lowest BCUT2D eigenvalue weighted by Crippen LogP contribution is -2.32. The molecule has 0 unspecified atom stereocenters. The lowest BCUT2D eigenvalue weighted by molar-refractivity contribution is 0.0523. The Morgan fingerprint density at radius 2 is 2.05 bits per heavy atom. The van der Waals surface area contributed by atoms with Crippen LogP contribution in [-0.4, -0.2) is 37.1 Å². The van der Waals surface area contributed by atoms with Crippen molar-refractivity contribution in [2.45, 2.75) is 32.9 Å². The zero-order valence-corrected chi connectivity index (χ0v) is 12.9. The van der Waals surface area contributed by atoms with Gasteiger partial charge in [-0.3, -0.25) is 0 Å². The molecule has 0 bridgehead atoms. The molecule has 0 aliphatic carbocycles. The molecule has 0 aromatic heterocycles. The fourth-order valence-corrected chi connectivity index (χ4v) is 1.61. The standard InChI is InChI=1S/C15H23NO5/c1-15(2,3)21-14(18)16-10-11-5-6-12(20-8-7-17)9-13(11)19-4/h5-6,9,17H,7-8,10H2,1-4H3,(H,16,18). The maximum atomic E-state index is 11.6. The first-order chi connectivity index (χ1) is 9.85. The van der Waals surface area contributed by atoms with Crippen molar-refractivity contribution in [3.05, 3.63) is 23.8 Å². The van der Waals surface area contributed by atoms with Crippen LogP contribution in [0.15, 0.2) is 18.2 Å². The third-order valence-electron chi connectivity index (χ3n) is 2.44. The maximum Gasteiger partial charge on any atom is 0.407 e. The van der Waals surface area contributed by atoms with E-state index in [9.17, 15) is 4.79 Å². The number of rotatable bonds is 6. The van der Waals surface area contributed by atoms with Crippen LogP contribution < -0.4 is 14.8 Å². The predicted molar refractivity (Wildman–Crippen MR) is 78.6 cm³/mol. The quantitative estimate of drug-likeness (QED) is 0.840. The van der Waals surface area contributed by atoms with Gasteiger partial charge in [-0.15, -0.1) is 0 Å². The van der Waals surface area contributed by atoms with Crippen molar-refractivity contribution < 1.29 is 24.1 Å². The van der Waals surface area contributed by atoms with Crippen LogP contribution in [0, 0.1) is 0 Å².